The van der Waals surface area contributed by atoms with E-state index in [0.29, 0.717) is 6.54 Å². The molecule has 0 aliphatic heterocycles. The Morgan fingerprint density at radius 3 is 2.73 bits per heavy atom. The number of pyridine rings is 1. The van der Waals surface area contributed by atoms with Gasteiger partial charge in [0.15, 0.2) is 5.75 Å². The largest absolute Gasteiger partial charge is 0.491 e. The molecule has 0 spiro atoms. The Labute approximate surface area is 128 Å². The molecule has 0 bridgehead atoms. The van der Waals surface area contributed by atoms with Crippen LogP contribution in [0.1, 0.15) is 34.8 Å². The van der Waals surface area contributed by atoms with E-state index in [1.165, 1.54) is 19.4 Å². The number of methoxy groups -OCH3 is 1. The minimum atomic E-state index is -0.340. The van der Waals surface area contributed by atoms with Gasteiger partial charge < -0.3 is 15.0 Å². The first-order chi connectivity index (χ1) is 10.4. The Morgan fingerprint density at radius 1 is 1.45 bits per heavy atom. The standard InChI is InChI=1S/C15H20N4O3/c1-9-5-10(2)19(18-9)11(3)7-17-15(21)12-6-13(20)14(22-4)8-16-12/h5-6,8,11H,7H2,1-4H3,(H,16,20)(H,17,21)/t11-/m0/s1. The number of aromatic amines is 1. The maximum atomic E-state index is 12.1. The fourth-order valence-electron chi connectivity index (χ4n) is 2.26. The van der Waals surface area contributed by atoms with Gasteiger partial charge in [0.25, 0.3) is 5.91 Å². The first-order valence-electron chi connectivity index (χ1n) is 7.00. The van der Waals surface area contributed by atoms with Crippen LogP contribution in [0.4, 0.5) is 0 Å². The van der Waals surface area contributed by atoms with E-state index in [-0.39, 0.29) is 28.8 Å². The van der Waals surface area contributed by atoms with Crippen molar-refractivity contribution in [3.05, 3.63) is 45.6 Å². The van der Waals surface area contributed by atoms with E-state index in [9.17, 15) is 9.59 Å². The number of carbonyl (C=O) groups excluding carboxylic acids is 1. The van der Waals surface area contributed by atoms with Crippen LogP contribution in [0.25, 0.3) is 0 Å². The SMILES string of the molecule is COc1c[nH]c(C(=O)NC[C@H](C)n2nc(C)cc2C)cc1=O. The third-order valence-corrected chi connectivity index (χ3v) is 3.36. The van der Waals surface area contributed by atoms with E-state index < -0.39 is 0 Å². The third-order valence-electron chi connectivity index (χ3n) is 3.36. The molecule has 2 aromatic rings. The van der Waals surface area contributed by atoms with Gasteiger partial charge in [-0.2, -0.15) is 5.10 Å². The van der Waals surface area contributed by atoms with Crippen LogP contribution in [-0.2, 0) is 0 Å². The van der Waals surface area contributed by atoms with Crippen molar-refractivity contribution in [2.24, 2.45) is 0 Å². The summed E-state index contributed by atoms with van der Waals surface area (Å²) in [4.78, 5) is 26.5. The van der Waals surface area contributed by atoms with E-state index in [4.69, 9.17) is 4.74 Å². The number of nitrogens with zero attached hydrogens (tertiary/aromatic N) is 2. The molecule has 2 rings (SSSR count). The Morgan fingerprint density at radius 2 is 2.18 bits per heavy atom. The third kappa shape index (κ3) is 3.36. The molecule has 0 radical (unpaired) electrons. The number of aryl methyl sites for hydroxylation is 2. The molecule has 1 atom stereocenters. The Kier molecular flexibility index (Phi) is 4.65. The van der Waals surface area contributed by atoms with Gasteiger partial charge in [0, 0.05) is 24.5 Å². The summed E-state index contributed by atoms with van der Waals surface area (Å²) in [5, 5.41) is 7.18. The topological polar surface area (TPSA) is 89.0 Å². The molecule has 2 heterocycles. The lowest BCUT2D eigenvalue weighted by Gasteiger charge is -2.15. The molecule has 0 saturated heterocycles. The summed E-state index contributed by atoms with van der Waals surface area (Å²) >= 11 is 0. The van der Waals surface area contributed by atoms with Crippen molar-refractivity contribution in [3.63, 3.8) is 0 Å². The summed E-state index contributed by atoms with van der Waals surface area (Å²) in [7, 11) is 1.40. The number of H-pyrrole nitrogens is 1. The zero-order chi connectivity index (χ0) is 16.3. The van der Waals surface area contributed by atoms with Gasteiger partial charge in [-0.05, 0) is 26.8 Å². The monoisotopic (exact) mass is 304 g/mol. The Balaban J connectivity index is 2.02. The number of ether oxygens (including phenoxy) is 1. The van der Waals surface area contributed by atoms with E-state index in [2.05, 4.69) is 15.4 Å². The van der Waals surface area contributed by atoms with Crippen LogP contribution in [0.15, 0.2) is 23.1 Å². The average Bonchev–Trinajstić information content (AvgIpc) is 2.83. The maximum absolute atomic E-state index is 12.1. The Hall–Kier alpha value is -2.57. The number of nitrogens with one attached hydrogen (secondary N) is 2. The van der Waals surface area contributed by atoms with Crippen LogP contribution in [-0.4, -0.2) is 34.3 Å². The lowest BCUT2D eigenvalue weighted by Crippen LogP contribution is -2.31. The summed E-state index contributed by atoms with van der Waals surface area (Å²) in [5.41, 5.74) is 1.84. The fourth-order valence-corrected chi connectivity index (χ4v) is 2.26. The number of aromatic nitrogens is 3. The molecular weight excluding hydrogens is 284 g/mol. The molecule has 0 aliphatic rings. The maximum Gasteiger partial charge on any atom is 0.267 e. The highest BCUT2D eigenvalue weighted by Crippen LogP contribution is 2.10. The van der Waals surface area contributed by atoms with E-state index in [1.54, 1.807) is 0 Å². The molecule has 0 saturated carbocycles. The van der Waals surface area contributed by atoms with Crippen LogP contribution < -0.4 is 15.5 Å². The normalized spacial score (nSPS) is 12.0. The van der Waals surface area contributed by atoms with Gasteiger partial charge in [-0.1, -0.05) is 0 Å². The molecule has 0 aromatic carbocycles. The van der Waals surface area contributed by atoms with Crippen molar-refractivity contribution in [1.29, 1.82) is 0 Å². The molecule has 0 unspecified atom stereocenters. The van der Waals surface area contributed by atoms with E-state index in [1.807, 2.05) is 31.5 Å². The van der Waals surface area contributed by atoms with Gasteiger partial charge in [-0.25, -0.2) is 0 Å². The van der Waals surface area contributed by atoms with Crippen molar-refractivity contribution in [2.45, 2.75) is 26.8 Å². The van der Waals surface area contributed by atoms with Crippen LogP contribution >= 0.6 is 0 Å². The van der Waals surface area contributed by atoms with Gasteiger partial charge in [-0.3, -0.25) is 14.3 Å². The van der Waals surface area contributed by atoms with Crippen molar-refractivity contribution in [3.8, 4) is 5.75 Å². The molecule has 2 aromatic heterocycles. The van der Waals surface area contributed by atoms with Crippen molar-refractivity contribution in [2.75, 3.05) is 13.7 Å². The Bertz CT molecular complexity index is 733. The molecule has 118 valence electrons. The van der Waals surface area contributed by atoms with Crippen LogP contribution in [0.2, 0.25) is 0 Å². The number of rotatable bonds is 5. The smallest absolute Gasteiger partial charge is 0.267 e. The first-order valence-corrected chi connectivity index (χ1v) is 7.00. The summed E-state index contributed by atoms with van der Waals surface area (Å²) in [6.45, 7) is 6.28. The first kappa shape index (κ1) is 15.8. The highest BCUT2D eigenvalue weighted by Gasteiger charge is 2.13. The predicted octanol–water partition coefficient (Wildman–Crippen LogP) is 1.19. The van der Waals surface area contributed by atoms with Gasteiger partial charge in [-0.15, -0.1) is 0 Å². The number of amides is 1. The second-order valence-corrected chi connectivity index (χ2v) is 5.21. The second-order valence-electron chi connectivity index (χ2n) is 5.21. The molecule has 1 amide bonds. The number of hydrogen-bond acceptors (Lipinski definition) is 4. The van der Waals surface area contributed by atoms with Gasteiger partial charge in [0.05, 0.1) is 18.8 Å². The molecule has 2 N–H and O–H groups in total. The lowest BCUT2D eigenvalue weighted by molar-refractivity contribution is 0.0942. The van der Waals surface area contributed by atoms with Crippen LogP contribution in [0.5, 0.6) is 5.75 Å². The molecule has 0 aliphatic carbocycles. The van der Waals surface area contributed by atoms with Gasteiger partial charge in [0.2, 0.25) is 5.43 Å². The molecule has 0 fully saturated rings. The lowest BCUT2D eigenvalue weighted by atomic mass is 10.3. The molecule has 22 heavy (non-hydrogen) atoms. The zero-order valence-electron chi connectivity index (χ0n) is 13.1. The summed E-state index contributed by atoms with van der Waals surface area (Å²) < 4.78 is 6.73. The minimum Gasteiger partial charge on any atom is -0.491 e. The predicted molar refractivity (Wildman–Crippen MR) is 82.4 cm³/mol. The molecular formula is C15H20N4O3. The van der Waals surface area contributed by atoms with Crippen LogP contribution in [0.3, 0.4) is 0 Å². The second kappa shape index (κ2) is 6.46. The molecule has 7 heteroatoms. The van der Waals surface area contributed by atoms with Gasteiger partial charge >= 0.3 is 0 Å². The minimum absolute atomic E-state index is 0.0163. The average molecular weight is 304 g/mol. The summed E-state index contributed by atoms with van der Waals surface area (Å²) in [6, 6.07) is 3.23. The number of hydrogen-bond donors (Lipinski definition) is 2. The highest BCUT2D eigenvalue weighted by atomic mass is 16.5. The van der Waals surface area contributed by atoms with E-state index in [0.717, 1.165) is 11.4 Å². The van der Waals surface area contributed by atoms with Crippen molar-refractivity contribution in [1.82, 2.24) is 20.1 Å². The number of carbonyl (C=O) groups is 1. The van der Waals surface area contributed by atoms with Crippen molar-refractivity contribution < 1.29 is 9.53 Å². The zero-order valence-corrected chi connectivity index (χ0v) is 13.1. The highest BCUT2D eigenvalue weighted by molar-refractivity contribution is 5.92. The van der Waals surface area contributed by atoms with E-state index >= 15 is 0 Å². The van der Waals surface area contributed by atoms with Crippen LogP contribution in [0, 0.1) is 13.8 Å². The summed E-state index contributed by atoms with van der Waals surface area (Å²) in [6.07, 6.45) is 1.38. The quantitative estimate of drug-likeness (QED) is 0.868. The molecule has 7 nitrogen and oxygen atoms in total. The fraction of sp³-hybridized carbons (Fsp3) is 0.400. The van der Waals surface area contributed by atoms with Gasteiger partial charge in [0.1, 0.15) is 5.69 Å². The summed E-state index contributed by atoms with van der Waals surface area (Å²) in [5.74, 6) is -0.166. The van der Waals surface area contributed by atoms with Crippen molar-refractivity contribution >= 4 is 5.91 Å².